The molecule has 4 unspecified atom stereocenters. The molecule has 0 aromatic heterocycles. The third kappa shape index (κ3) is 11.4. The van der Waals surface area contributed by atoms with E-state index in [1.165, 1.54) is 48.2 Å². The number of rotatable bonds is 16. The van der Waals surface area contributed by atoms with Crippen molar-refractivity contribution in [3.8, 4) is 11.5 Å². The smallest absolute Gasteiger partial charge is 0.326 e. The van der Waals surface area contributed by atoms with Crippen molar-refractivity contribution in [2.24, 2.45) is 11.5 Å². The first-order valence-corrected chi connectivity index (χ1v) is 14.0. The van der Waals surface area contributed by atoms with E-state index in [1.54, 1.807) is 18.4 Å². The summed E-state index contributed by atoms with van der Waals surface area (Å²) in [6.07, 6.45) is 1.36. The zero-order valence-corrected chi connectivity index (χ0v) is 23.2. The van der Waals surface area contributed by atoms with E-state index >= 15 is 0 Å². The highest BCUT2D eigenvalue weighted by Gasteiger charge is 2.31. The van der Waals surface area contributed by atoms with Crippen molar-refractivity contribution in [3.05, 3.63) is 59.7 Å². The summed E-state index contributed by atoms with van der Waals surface area (Å²) in [4.78, 5) is 62.5. The fraction of sp³-hybridized carbons (Fsp3) is 0.370. The number of phenols is 2. The molecule has 13 nitrogen and oxygen atoms in total. The van der Waals surface area contributed by atoms with E-state index in [0.717, 1.165) is 0 Å². The second-order valence-electron chi connectivity index (χ2n) is 9.32. The van der Waals surface area contributed by atoms with Gasteiger partial charge < -0.3 is 42.7 Å². The molecule has 14 heteroatoms. The normalized spacial score (nSPS) is 13.7. The van der Waals surface area contributed by atoms with Crippen LogP contribution < -0.4 is 27.4 Å². The lowest BCUT2D eigenvalue weighted by atomic mass is 10.0. The number of hydrogen-bond acceptors (Lipinski definition) is 9. The third-order valence-electron chi connectivity index (χ3n) is 6.00. The minimum atomic E-state index is -1.51. The van der Waals surface area contributed by atoms with Crippen LogP contribution in [0, 0.1) is 0 Å². The Balaban J connectivity index is 2.12. The lowest BCUT2D eigenvalue weighted by molar-refractivity contribution is -0.142. The number of aliphatic carboxylic acids is 1. The van der Waals surface area contributed by atoms with Crippen molar-refractivity contribution < 1.29 is 39.3 Å². The number of nitrogens with one attached hydrogen (secondary N) is 3. The molecule has 0 radical (unpaired) electrons. The quantitative estimate of drug-likeness (QED) is 0.123. The minimum absolute atomic E-state index is 0.0154. The average molecular weight is 590 g/mol. The maximum Gasteiger partial charge on any atom is 0.326 e. The summed E-state index contributed by atoms with van der Waals surface area (Å²) in [6, 6.07) is 6.79. The lowest BCUT2D eigenvalue weighted by Crippen LogP contribution is -2.58. The topological polar surface area (TPSA) is 234 Å². The standard InChI is InChI=1S/C27H35N5O8S/c1-41-11-10-20(30-24(36)19(28)12-15-2-6-17(33)7-3-15)25(37)31-21(14-23(29)35)26(38)32-22(27(39)40)13-16-4-8-18(34)9-5-16/h2-9,19-22,33-34H,10-14,28H2,1H3,(H2,29,35)(H,30,36)(H,31,37)(H,32,38)(H,39,40). The number of thioether (sulfide) groups is 1. The van der Waals surface area contributed by atoms with Gasteiger partial charge >= 0.3 is 5.97 Å². The molecule has 0 aliphatic rings. The molecular formula is C27H35N5O8S. The van der Waals surface area contributed by atoms with Gasteiger partial charge in [-0.25, -0.2) is 4.79 Å². The van der Waals surface area contributed by atoms with Crippen molar-refractivity contribution in [3.63, 3.8) is 0 Å². The lowest BCUT2D eigenvalue weighted by Gasteiger charge is -2.25. The fourth-order valence-corrected chi connectivity index (χ4v) is 4.26. The summed E-state index contributed by atoms with van der Waals surface area (Å²) in [5.41, 5.74) is 12.5. The molecule has 0 fully saturated rings. The molecule has 222 valence electrons. The van der Waals surface area contributed by atoms with E-state index in [1.807, 2.05) is 0 Å². The maximum atomic E-state index is 13.2. The Bertz CT molecular complexity index is 1210. The summed E-state index contributed by atoms with van der Waals surface area (Å²) in [6.45, 7) is 0. The second-order valence-corrected chi connectivity index (χ2v) is 10.3. The van der Waals surface area contributed by atoms with Crippen LogP contribution in [0.3, 0.4) is 0 Å². The Morgan fingerprint density at radius 2 is 1.22 bits per heavy atom. The number of nitrogens with two attached hydrogens (primary N) is 2. The number of aromatic hydroxyl groups is 2. The Morgan fingerprint density at radius 1 is 0.756 bits per heavy atom. The molecule has 0 bridgehead atoms. The largest absolute Gasteiger partial charge is 0.508 e. The predicted octanol–water partition coefficient (Wildman–Crippen LogP) is -0.622. The zero-order chi connectivity index (χ0) is 30.5. The van der Waals surface area contributed by atoms with Gasteiger partial charge in [-0.3, -0.25) is 19.2 Å². The van der Waals surface area contributed by atoms with Gasteiger partial charge in [-0.05, 0) is 60.2 Å². The van der Waals surface area contributed by atoms with Crippen molar-refractivity contribution in [1.29, 1.82) is 0 Å². The fourth-order valence-electron chi connectivity index (χ4n) is 3.78. The minimum Gasteiger partial charge on any atom is -0.508 e. The number of carboxylic acids is 1. The highest BCUT2D eigenvalue weighted by molar-refractivity contribution is 7.98. The van der Waals surface area contributed by atoms with Gasteiger partial charge in [0.15, 0.2) is 0 Å². The number of carbonyl (C=O) groups is 5. The van der Waals surface area contributed by atoms with Gasteiger partial charge in [0.1, 0.15) is 29.6 Å². The molecule has 0 aliphatic carbocycles. The van der Waals surface area contributed by atoms with Crippen LogP contribution in [0.2, 0.25) is 0 Å². The molecule has 2 rings (SSSR count). The van der Waals surface area contributed by atoms with Crippen LogP contribution in [-0.2, 0) is 36.8 Å². The van der Waals surface area contributed by atoms with Gasteiger partial charge in [0.2, 0.25) is 23.6 Å². The van der Waals surface area contributed by atoms with E-state index in [9.17, 15) is 39.3 Å². The predicted molar refractivity (Wildman–Crippen MR) is 152 cm³/mol. The van der Waals surface area contributed by atoms with Crippen molar-refractivity contribution in [2.45, 2.75) is 49.9 Å². The molecule has 10 N–H and O–H groups in total. The van der Waals surface area contributed by atoms with E-state index in [2.05, 4.69) is 16.0 Å². The van der Waals surface area contributed by atoms with Gasteiger partial charge in [0.05, 0.1) is 12.5 Å². The molecular weight excluding hydrogens is 554 g/mol. The van der Waals surface area contributed by atoms with Gasteiger partial charge in [0.25, 0.3) is 0 Å². The highest BCUT2D eigenvalue weighted by atomic mass is 32.2. The van der Waals surface area contributed by atoms with Crippen LogP contribution in [0.1, 0.15) is 24.0 Å². The van der Waals surface area contributed by atoms with Crippen LogP contribution in [0.25, 0.3) is 0 Å². The van der Waals surface area contributed by atoms with Crippen molar-refractivity contribution >= 4 is 41.4 Å². The van der Waals surface area contributed by atoms with Crippen molar-refractivity contribution in [1.82, 2.24) is 16.0 Å². The van der Waals surface area contributed by atoms with Gasteiger partial charge in [-0.2, -0.15) is 11.8 Å². The van der Waals surface area contributed by atoms with Crippen LogP contribution in [-0.4, -0.2) is 81.1 Å². The number of hydrogen-bond donors (Lipinski definition) is 8. The molecule has 4 atom stereocenters. The summed E-state index contributed by atoms with van der Waals surface area (Å²) in [5.74, 6) is -4.14. The third-order valence-corrected chi connectivity index (χ3v) is 6.65. The molecule has 0 saturated heterocycles. The van der Waals surface area contributed by atoms with E-state index in [4.69, 9.17) is 11.5 Å². The molecule has 41 heavy (non-hydrogen) atoms. The van der Waals surface area contributed by atoms with Gasteiger partial charge in [-0.1, -0.05) is 24.3 Å². The molecule has 2 aromatic rings. The van der Waals surface area contributed by atoms with Gasteiger partial charge in [-0.15, -0.1) is 0 Å². The number of carbonyl (C=O) groups excluding carboxylic acids is 4. The van der Waals surface area contributed by atoms with Crippen LogP contribution >= 0.6 is 11.8 Å². The Morgan fingerprint density at radius 3 is 1.71 bits per heavy atom. The number of primary amides is 1. The molecule has 2 aromatic carbocycles. The summed E-state index contributed by atoms with van der Waals surface area (Å²) < 4.78 is 0. The van der Waals surface area contributed by atoms with E-state index < -0.39 is 60.2 Å². The number of phenolic OH excluding ortho intramolecular Hbond substituents is 2. The summed E-state index contributed by atoms with van der Waals surface area (Å²) >= 11 is 1.42. The maximum absolute atomic E-state index is 13.2. The summed E-state index contributed by atoms with van der Waals surface area (Å²) in [5, 5.41) is 35.8. The molecule has 0 saturated carbocycles. The average Bonchev–Trinajstić information content (AvgIpc) is 2.92. The number of carboxylic acid groups (broad SMARTS) is 1. The number of amides is 4. The Labute approximate surface area is 241 Å². The zero-order valence-electron chi connectivity index (χ0n) is 22.4. The summed E-state index contributed by atoms with van der Waals surface area (Å²) in [7, 11) is 0. The first-order chi connectivity index (χ1) is 19.4. The molecule has 0 aliphatic heterocycles. The van der Waals surface area contributed by atoms with E-state index in [-0.39, 0.29) is 30.8 Å². The molecule has 4 amide bonds. The SMILES string of the molecule is CSCCC(NC(=O)C(N)Cc1ccc(O)cc1)C(=O)NC(CC(N)=O)C(=O)NC(Cc1ccc(O)cc1)C(=O)O. The Hall–Kier alpha value is -4.30. The van der Waals surface area contributed by atoms with Crippen LogP contribution in [0.15, 0.2) is 48.5 Å². The number of benzene rings is 2. The first kappa shape index (κ1) is 32.9. The van der Waals surface area contributed by atoms with Crippen molar-refractivity contribution in [2.75, 3.05) is 12.0 Å². The van der Waals surface area contributed by atoms with Crippen LogP contribution in [0.5, 0.6) is 11.5 Å². The monoisotopic (exact) mass is 589 g/mol. The van der Waals surface area contributed by atoms with E-state index in [0.29, 0.717) is 16.9 Å². The Kier molecular flexibility index (Phi) is 12.9. The first-order valence-electron chi connectivity index (χ1n) is 12.6. The van der Waals surface area contributed by atoms with Crippen LogP contribution in [0.4, 0.5) is 0 Å². The second kappa shape index (κ2) is 16.1. The van der Waals surface area contributed by atoms with Gasteiger partial charge in [0, 0.05) is 6.42 Å². The highest BCUT2D eigenvalue weighted by Crippen LogP contribution is 2.13. The molecule has 0 heterocycles. The molecule has 0 spiro atoms.